The number of carboxylic acids is 1. The first-order chi connectivity index (χ1) is 26.6. The smallest absolute Gasteiger partial charge is 0.306 e. The van der Waals surface area contributed by atoms with E-state index in [9.17, 15) is 19.5 Å². The summed E-state index contributed by atoms with van der Waals surface area (Å²) in [6.45, 7) is 4.61. The van der Waals surface area contributed by atoms with Gasteiger partial charge in [0.1, 0.15) is 13.2 Å². The summed E-state index contributed by atoms with van der Waals surface area (Å²) in [4.78, 5) is 36.9. The van der Waals surface area contributed by atoms with Crippen LogP contribution in [0.4, 0.5) is 0 Å². The summed E-state index contributed by atoms with van der Waals surface area (Å²) in [5, 5.41) is 11.7. The average molecular weight is 778 g/mol. The highest BCUT2D eigenvalue weighted by atomic mass is 16.7. The van der Waals surface area contributed by atoms with E-state index in [1.807, 2.05) is 21.1 Å². The summed E-state index contributed by atoms with van der Waals surface area (Å²) in [6, 6.07) is 0. The van der Waals surface area contributed by atoms with Crippen molar-refractivity contribution in [2.75, 3.05) is 47.5 Å². The summed E-state index contributed by atoms with van der Waals surface area (Å²) < 4.78 is 22.5. The molecule has 0 amide bonds. The molecule has 0 aromatic carbocycles. The Morgan fingerprint density at radius 2 is 1.04 bits per heavy atom. The van der Waals surface area contributed by atoms with E-state index < -0.39 is 24.3 Å². The van der Waals surface area contributed by atoms with Crippen LogP contribution in [0.1, 0.15) is 181 Å². The fraction of sp³-hybridized carbons (Fsp3) is 0.804. The molecule has 0 aliphatic rings. The Kier molecular flexibility index (Phi) is 36.6. The molecule has 0 heterocycles. The molecule has 2 atom stereocenters. The zero-order chi connectivity index (χ0) is 40.7. The van der Waals surface area contributed by atoms with Gasteiger partial charge in [0.25, 0.3) is 0 Å². The van der Waals surface area contributed by atoms with Gasteiger partial charge >= 0.3 is 11.9 Å². The second-order valence-corrected chi connectivity index (χ2v) is 16.0. The Bertz CT molecular complexity index is 1000. The lowest BCUT2D eigenvalue weighted by Gasteiger charge is -2.26. The fourth-order valence-corrected chi connectivity index (χ4v) is 5.96. The van der Waals surface area contributed by atoms with Crippen LogP contribution in [-0.2, 0) is 33.3 Å². The van der Waals surface area contributed by atoms with Gasteiger partial charge in [-0.3, -0.25) is 9.59 Å². The van der Waals surface area contributed by atoms with E-state index in [4.69, 9.17) is 18.9 Å². The lowest BCUT2D eigenvalue weighted by Crippen LogP contribution is -2.44. The van der Waals surface area contributed by atoms with Gasteiger partial charge in [-0.2, -0.15) is 0 Å². The van der Waals surface area contributed by atoms with E-state index in [1.165, 1.54) is 77.0 Å². The third kappa shape index (κ3) is 39.5. The number of unbranched alkanes of at least 4 members (excludes halogenated alkanes) is 19. The van der Waals surface area contributed by atoms with Crippen LogP contribution < -0.4 is 5.11 Å². The van der Waals surface area contributed by atoms with E-state index in [1.54, 1.807) is 0 Å². The molecule has 320 valence electrons. The fourth-order valence-electron chi connectivity index (χ4n) is 5.96. The monoisotopic (exact) mass is 778 g/mol. The number of quaternary nitrogens is 1. The molecule has 0 rings (SSSR count). The van der Waals surface area contributed by atoms with Crippen LogP contribution in [0.5, 0.6) is 0 Å². The lowest BCUT2D eigenvalue weighted by molar-refractivity contribution is -0.870. The van der Waals surface area contributed by atoms with Gasteiger partial charge in [0, 0.05) is 12.8 Å². The minimum Gasteiger partial charge on any atom is -0.545 e. The molecule has 0 radical (unpaired) electrons. The first-order valence-corrected chi connectivity index (χ1v) is 22.1. The molecule has 9 nitrogen and oxygen atoms in total. The maximum Gasteiger partial charge on any atom is 0.306 e. The molecular weight excluding hydrogens is 695 g/mol. The standard InChI is InChI=1S/C46H83NO8/c1-6-8-10-12-14-16-18-20-22-24-26-28-30-32-34-36-43(48)53-40-42(41-54-46(45(50)51)52-39-38-47(3,4)5)55-44(49)37-35-33-31-29-27-25-23-21-19-17-15-13-11-9-7-2/h9,11,15,17,21,23,42,46H,6-8,10,12-14,16,18-20,22,24-41H2,1-5H3/b11-9-,17-15-,23-21-. The number of carbonyl (C=O) groups is 3. The van der Waals surface area contributed by atoms with E-state index in [-0.39, 0.29) is 32.2 Å². The number of allylic oxidation sites excluding steroid dienone is 6. The van der Waals surface area contributed by atoms with E-state index in [0.717, 1.165) is 70.6 Å². The highest BCUT2D eigenvalue weighted by Crippen LogP contribution is 2.15. The molecule has 0 aromatic heterocycles. The predicted molar refractivity (Wildman–Crippen MR) is 223 cm³/mol. The van der Waals surface area contributed by atoms with Gasteiger partial charge in [0.2, 0.25) is 0 Å². The largest absolute Gasteiger partial charge is 0.545 e. The number of hydrogen-bond donors (Lipinski definition) is 0. The minimum atomic E-state index is -1.62. The van der Waals surface area contributed by atoms with E-state index in [2.05, 4.69) is 50.3 Å². The number of aliphatic carboxylic acids is 1. The maximum atomic E-state index is 12.7. The molecule has 0 N–H and O–H groups in total. The lowest BCUT2D eigenvalue weighted by atomic mass is 10.0. The molecule has 0 fully saturated rings. The summed E-state index contributed by atoms with van der Waals surface area (Å²) in [5.74, 6) is -2.30. The van der Waals surface area contributed by atoms with Crippen LogP contribution >= 0.6 is 0 Å². The van der Waals surface area contributed by atoms with Crippen molar-refractivity contribution in [3.05, 3.63) is 36.5 Å². The van der Waals surface area contributed by atoms with Gasteiger partial charge in [0.05, 0.1) is 40.3 Å². The Balaban J connectivity index is 4.46. The molecule has 9 heteroatoms. The Labute approximate surface area is 337 Å². The summed E-state index contributed by atoms with van der Waals surface area (Å²) in [7, 11) is 5.90. The number of likely N-dealkylation sites (N-methyl/N-ethyl adjacent to an activating group) is 1. The van der Waals surface area contributed by atoms with Crippen molar-refractivity contribution in [3.63, 3.8) is 0 Å². The average Bonchev–Trinajstić information content (AvgIpc) is 3.14. The molecule has 0 aromatic rings. The number of hydrogen-bond acceptors (Lipinski definition) is 8. The third-order valence-electron chi connectivity index (χ3n) is 9.40. The van der Waals surface area contributed by atoms with Crippen molar-refractivity contribution in [2.24, 2.45) is 0 Å². The molecule has 0 saturated carbocycles. The predicted octanol–water partition coefficient (Wildman–Crippen LogP) is 10.1. The third-order valence-corrected chi connectivity index (χ3v) is 9.40. The number of carboxylic acid groups (broad SMARTS) is 1. The number of ether oxygens (including phenoxy) is 4. The zero-order valence-electron chi connectivity index (χ0n) is 36.0. The van der Waals surface area contributed by atoms with Crippen molar-refractivity contribution in [1.29, 1.82) is 0 Å². The van der Waals surface area contributed by atoms with Crippen molar-refractivity contribution < 1.29 is 42.9 Å². The topological polar surface area (TPSA) is 111 Å². The Morgan fingerprint density at radius 1 is 0.564 bits per heavy atom. The Morgan fingerprint density at radius 3 is 1.55 bits per heavy atom. The van der Waals surface area contributed by atoms with Gasteiger partial charge in [-0.1, -0.05) is 159 Å². The number of esters is 2. The number of nitrogens with zero attached hydrogens (tertiary/aromatic N) is 1. The summed E-state index contributed by atoms with van der Waals surface area (Å²) in [6.07, 6.45) is 38.8. The second kappa shape index (κ2) is 38.4. The highest BCUT2D eigenvalue weighted by Gasteiger charge is 2.21. The van der Waals surface area contributed by atoms with Crippen molar-refractivity contribution in [2.45, 2.75) is 193 Å². The van der Waals surface area contributed by atoms with Crippen molar-refractivity contribution in [1.82, 2.24) is 0 Å². The summed E-state index contributed by atoms with van der Waals surface area (Å²) >= 11 is 0. The van der Waals surface area contributed by atoms with Gasteiger partial charge in [-0.15, -0.1) is 0 Å². The number of rotatable bonds is 40. The van der Waals surface area contributed by atoms with Crippen LogP contribution in [0, 0.1) is 0 Å². The normalized spacial score (nSPS) is 13.3. The summed E-state index contributed by atoms with van der Waals surface area (Å²) in [5.41, 5.74) is 0. The highest BCUT2D eigenvalue weighted by molar-refractivity contribution is 5.70. The first-order valence-electron chi connectivity index (χ1n) is 22.1. The van der Waals surface area contributed by atoms with Gasteiger partial charge in [-0.25, -0.2) is 0 Å². The molecule has 2 unspecified atom stereocenters. The van der Waals surface area contributed by atoms with Crippen LogP contribution in [0.25, 0.3) is 0 Å². The molecule has 0 aliphatic heterocycles. The zero-order valence-corrected chi connectivity index (χ0v) is 36.0. The van der Waals surface area contributed by atoms with Crippen LogP contribution in [-0.4, -0.2) is 82.3 Å². The first kappa shape index (κ1) is 52.5. The quantitative estimate of drug-likeness (QED) is 0.0199. The molecular formula is C46H83NO8. The van der Waals surface area contributed by atoms with Crippen molar-refractivity contribution in [3.8, 4) is 0 Å². The maximum absolute atomic E-state index is 12.7. The molecule has 0 aliphatic carbocycles. The minimum absolute atomic E-state index is 0.145. The SMILES string of the molecule is CC/C=C\C/C=C\C/C=C\CCCCCCCC(=O)OC(COC(=O)CCCCCCCCCCCCCCCCC)COC(OCC[N+](C)(C)C)C(=O)[O-]. The van der Waals surface area contributed by atoms with Crippen LogP contribution in [0.15, 0.2) is 36.5 Å². The Hall–Kier alpha value is -2.49. The van der Waals surface area contributed by atoms with Gasteiger partial charge in [-0.05, 0) is 44.9 Å². The van der Waals surface area contributed by atoms with Crippen molar-refractivity contribution >= 4 is 17.9 Å². The molecule has 0 spiro atoms. The molecule has 0 bridgehead atoms. The van der Waals surface area contributed by atoms with Crippen LogP contribution in [0.2, 0.25) is 0 Å². The molecule has 0 saturated heterocycles. The number of carbonyl (C=O) groups excluding carboxylic acids is 3. The van der Waals surface area contributed by atoms with Crippen LogP contribution in [0.3, 0.4) is 0 Å². The second-order valence-electron chi connectivity index (χ2n) is 16.0. The van der Waals surface area contributed by atoms with E-state index in [0.29, 0.717) is 23.9 Å². The van der Waals surface area contributed by atoms with Gasteiger partial charge in [0.15, 0.2) is 12.4 Å². The molecule has 55 heavy (non-hydrogen) atoms. The van der Waals surface area contributed by atoms with Gasteiger partial charge < -0.3 is 33.3 Å². The van der Waals surface area contributed by atoms with E-state index >= 15 is 0 Å².